The van der Waals surface area contributed by atoms with Crippen LogP contribution < -0.4 is 4.74 Å². The molecule has 1 aromatic heterocycles. The molecule has 0 saturated heterocycles. The maximum atomic E-state index is 5.96. The number of hydrogen-bond acceptors (Lipinski definition) is 2. The first kappa shape index (κ1) is 12.7. The number of rotatable bonds is 3. The summed E-state index contributed by atoms with van der Waals surface area (Å²) in [5, 5.41) is 0. The molecule has 0 aromatic carbocycles. The van der Waals surface area contributed by atoms with Gasteiger partial charge in [0.25, 0.3) is 0 Å². The topological polar surface area (TPSA) is 22.1 Å². The van der Waals surface area contributed by atoms with Crippen molar-refractivity contribution in [2.45, 2.75) is 51.5 Å². The monoisotopic (exact) mass is 253 g/mol. The highest BCUT2D eigenvalue weighted by Gasteiger charge is 2.20. The van der Waals surface area contributed by atoms with E-state index in [0.717, 1.165) is 35.9 Å². The lowest BCUT2D eigenvalue weighted by Crippen LogP contribution is -2.23. The third kappa shape index (κ3) is 3.60. The van der Waals surface area contributed by atoms with E-state index in [1.165, 1.54) is 12.8 Å². The zero-order chi connectivity index (χ0) is 12.3. The summed E-state index contributed by atoms with van der Waals surface area (Å²) in [6.45, 7) is 4.29. The van der Waals surface area contributed by atoms with E-state index in [-0.39, 0.29) is 0 Å². The molecule has 0 bridgehead atoms. The van der Waals surface area contributed by atoms with E-state index >= 15 is 0 Å². The summed E-state index contributed by atoms with van der Waals surface area (Å²) in [6.07, 6.45) is 5.15. The van der Waals surface area contributed by atoms with Gasteiger partial charge in [0.2, 0.25) is 5.88 Å². The van der Waals surface area contributed by atoms with Gasteiger partial charge in [0.1, 0.15) is 6.10 Å². The molecular formula is C14H20ClNO. The number of ether oxygens (including phenoxy) is 1. The Bertz CT molecular complexity index is 372. The van der Waals surface area contributed by atoms with Gasteiger partial charge in [-0.05, 0) is 50.2 Å². The minimum absolute atomic E-state index is 0.337. The summed E-state index contributed by atoms with van der Waals surface area (Å²) in [7, 11) is 0. The number of halogens is 1. The van der Waals surface area contributed by atoms with Crippen molar-refractivity contribution < 1.29 is 4.74 Å². The largest absolute Gasteiger partial charge is 0.474 e. The molecule has 1 aliphatic carbocycles. The zero-order valence-corrected chi connectivity index (χ0v) is 11.3. The fourth-order valence-corrected chi connectivity index (χ4v) is 2.52. The van der Waals surface area contributed by atoms with E-state index in [1.807, 2.05) is 19.1 Å². The molecule has 2 rings (SSSR count). The van der Waals surface area contributed by atoms with Crippen molar-refractivity contribution >= 4 is 11.6 Å². The Hall–Kier alpha value is -0.760. The van der Waals surface area contributed by atoms with Crippen molar-refractivity contribution in [3.8, 4) is 5.88 Å². The lowest BCUT2D eigenvalue weighted by atomic mass is 9.89. The molecule has 2 nitrogen and oxygen atoms in total. The van der Waals surface area contributed by atoms with Gasteiger partial charge in [0.05, 0.1) is 0 Å². The summed E-state index contributed by atoms with van der Waals surface area (Å²) >= 11 is 5.85. The van der Waals surface area contributed by atoms with Crippen LogP contribution in [0.3, 0.4) is 0 Å². The number of nitrogens with zero attached hydrogens (tertiary/aromatic N) is 1. The molecule has 17 heavy (non-hydrogen) atoms. The highest BCUT2D eigenvalue weighted by Crippen LogP contribution is 2.27. The van der Waals surface area contributed by atoms with E-state index in [9.17, 15) is 0 Å². The summed E-state index contributed by atoms with van der Waals surface area (Å²) in [5.74, 6) is 2.10. The lowest BCUT2D eigenvalue weighted by Gasteiger charge is -2.26. The Kier molecular flexibility index (Phi) is 4.27. The van der Waals surface area contributed by atoms with Gasteiger partial charge in [-0.25, -0.2) is 4.98 Å². The van der Waals surface area contributed by atoms with Crippen molar-refractivity contribution in [3.05, 3.63) is 23.4 Å². The first-order chi connectivity index (χ1) is 8.17. The van der Waals surface area contributed by atoms with Crippen LogP contribution >= 0.6 is 11.6 Å². The van der Waals surface area contributed by atoms with Crippen LogP contribution in [0.15, 0.2) is 12.1 Å². The molecular weight excluding hydrogens is 234 g/mol. The average Bonchev–Trinajstić information content (AvgIpc) is 2.31. The fourth-order valence-electron chi connectivity index (χ4n) is 2.36. The van der Waals surface area contributed by atoms with E-state index in [1.54, 1.807) is 0 Å². The van der Waals surface area contributed by atoms with Gasteiger partial charge in [-0.3, -0.25) is 0 Å². The Labute approximate surface area is 108 Å². The molecule has 94 valence electrons. The maximum absolute atomic E-state index is 5.96. The van der Waals surface area contributed by atoms with Crippen LogP contribution in [0.2, 0.25) is 0 Å². The second-order valence-electron chi connectivity index (χ2n) is 5.09. The molecule has 0 amide bonds. The van der Waals surface area contributed by atoms with Crippen molar-refractivity contribution in [3.63, 3.8) is 0 Å². The Morgan fingerprint density at radius 2 is 2.00 bits per heavy atom. The fraction of sp³-hybridized carbons (Fsp3) is 0.643. The first-order valence-electron chi connectivity index (χ1n) is 6.37. The number of aromatic nitrogens is 1. The summed E-state index contributed by atoms with van der Waals surface area (Å²) in [6, 6.07) is 3.96. The molecule has 1 fully saturated rings. The molecule has 0 aliphatic heterocycles. The van der Waals surface area contributed by atoms with Crippen LogP contribution in [0, 0.1) is 12.8 Å². The smallest absolute Gasteiger partial charge is 0.214 e. The zero-order valence-electron chi connectivity index (χ0n) is 10.6. The third-order valence-corrected chi connectivity index (χ3v) is 3.70. The summed E-state index contributed by atoms with van der Waals surface area (Å²) in [5.41, 5.74) is 2.06. The minimum Gasteiger partial charge on any atom is -0.474 e. The van der Waals surface area contributed by atoms with Crippen LogP contribution in [0.1, 0.15) is 43.9 Å². The summed E-state index contributed by atoms with van der Waals surface area (Å²) < 4.78 is 5.96. The molecule has 0 radical (unpaired) electrons. The van der Waals surface area contributed by atoms with Gasteiger partial charge in [0.15, 0.2) is 0 Å². The number of alkyl halides is 1. The molecule has 3 heteroatoms. The van der Waals surface area contributed by atoms with Gasteiger partial charge in [-0.15, -0.1) is 11.6 Å². The number of hydrogen-bond donors (Lipinski definition) is 0. The van der Waals surface area contributed by atoms with Crippen LogP contribution in [-0.4, -0.2) is 11.1 Å². The molecule has 0 spiro atoms. The lowest BCUT2D eigenvalue weighted by molar-refractivity contribution is 0.130. The average molecular weight is 254 g/mol. The molecule has 1 aromatic rings. The molecule has 1 aliphatic rings. The van der Waals surface area contributed by atoms with Gasteiger partial charge in [0, 0.05) is 17.6 Å². The standard InChI is InChI=1S/C14H20ClNO/c1-10-3-5-13(6-4-10)17-14-8-12(9-15)7-11(2)16-14/h7-8,10,13H,3-6,9H2,1-2H3. The molecule has 1 heterocycles. The second kappa shape index (κ2) is 5.72. The number of aryl methyl sites for hydroxylation is 1. The predicted octanol–water partition coefficient (Wildman–Crippen LogP) is 4.09. The van der Waals surface area contributed by atoms with Gasteiger partial charge in [-0.1, -0.05) is 6.92 Å². The highest BCUT2D eigenvalue weighted by molar-refractivity contribution is 6.17. The van der Waals surface area contributed by atoms with E-state index in [2.05, 4.69) is 11.9 Å². The van der Waals surface area contributed by atoms with Crippen molar-refractivity contribution in [1.29, 1.82) is 0 Å². The van der Waals surface area contributed by atoms with Crippen molar-refractivity contribution in [2.75, 3.05) is 0 Å². The third-order valence-electron chi connectivity index (χ3n) is 3.39. The van der Waals surface area contributed by atoms with Crippen LogP contribution in [0.25, 0.3) is 0 Å². The van der Waals surface area contributed by atoms with Crippen LogP contribution in [0.4, 0.5) is 0 Å². The van der Waals surface area contributed by atoms with Gasteiger partial charge >= 0.3 is 0 Å². The van der Waals surface area contributed by atoms with E-state index < -0.39 is 0 Å². The van der Waals surface area contributed by atoms with Crippen LogP contribution in [0.5, 0.6) is 5.88 Å². The van der Waals surface area contributed by atoms with Crippen molar-refractivity contribution in [2.24, 2.45) is 5.92 Å². The Morgan fingerprint density at radius 3 is 2.65 bits per heavy atom. The molecule has 0 unspecified atom stereocenters. The van der Waals surface area contributed by atoms with Gasteiger partial charge in [-0.2, -0.15) is 0 Å². The Morgan fingerprint density at radius 1 is 1.29 bits per heavy atom. The van der Waals surface area contributed by atoms with Gasteiger partial charge < -0.3 is 4.74 Å². The van der Waals surface area contributed by atoms with Crippen molar-refractivity contribution in [1.82, 2.24) is 4.98 Å². The molecule has 0 N–H and O–H groups in total. The summed E-state index contributed by atoms with van der Waals surface area (Å²) in [4.78, 5) is 4.41. The quantitative estimate of drug-likeness (QED) is 0.757. The van der Waals surface area contributed by atoms with E-state index in [4.69, 9.17) is 16.3 Å². The predicted molar refractivity (Wildman–Crippen MR) is 70.6 cm³/mol. The SMILES string of the molecule is Cc1cc(CCl)cc(OC2CCC(C)CC2)n1. The minimum atomic E-state index is 0.337. The highest BCUT2D eigenvalue weighted by atomic mass is 35.5. The van der Waals surface area contributed by atoms with Crippen LogP contribution in [-0.2, 0) is 5.88 Å². The Balaban J connectivity index is 2.00. The maximum Gasteiger partial charge on any atom is 0.214 e. The number of pyridine rings is 1. The second-order valence-corrected chi connectivity index (χ2v) is 5.36. The molecule has 0 atom stereocenters. The van der Waals surface area contributed by atoms with E-state index in [0.29, 0.717) is 12.0 Å². The molecule has 1 saturated carbocycles. The normalized spacial score (nSPS) is 24.6. The first-order valence-corrected chi connectivity index (χ1v) is 6.91.